The normalized spacial score (nSPS) is 18.3. The van der Waals surface area contributed by atoms with Gasteiger partial charge in [0.15, 0.2) is 0 Å². The number of piperazine rings is 1. The zero-order valence-corrected chi connectivity index (χ0v) is 18.7. The number of carbonyl (C=O) groups is 1. The summed E-state index contributed by atoms with van der Waals surface area (Å²) in [7, 11) is 0. The molecule has 2 heterocycles. The number of nitrogens with one attached hydrogen (secondary N) is 3. The van der Waals surface area contributed by atoms with Gasteiger partial charge < -0.3 is 20.9 Å². The second-order valence-electron chi connectivity index (χ2n) is 8.06. The quantitative estimate of drug-likeness (QED) is 0.504. The summed E-state index contributed by atoms with van der Waals surface area (Å²) in [5, 5.41) is 9.88. The molecule has 32 heavy (non-hydrogen) atoms. The third-order valence-corrected chi connectivity index (χ3v) is 5.55. The van der Waals surface area contributed by atoms with Gasteiger partial charge in [-0.1, -0.05) is 17.7 Å². The lowest BCUT2D eigenvalue weighted by Gasteiger charge is -2.36. The number of amides is 1. The van der Waals surface area contributed by atoms with Gasteiger partial charge in [0.25, 0.3) is 5.91 Å². The Morgan fingerprint density at radius 3 is 2.56 bits per heavy atom. The Hall–Kier alpha value is -3.16. The molecule has 1 fully saturated rings. The number of anilines is 4. The molecule has 3 aromatic rings. The number of halogens is 2. The van der Waals surface area contributed by atoms with E-state index in [1.165, 1.54) is 12.1 Å². The Morgan fingerprint density at radius 1 is 1.09 bits per heavy atom. The van der Waals surface area contributed by atoms with Gasteiger partial charge in [-0.3, -0.25) is 4.79 Å². The highest BCUT2D eigenvalue weighted by atomic mass is 35.5. The molecular weight excluding hydrogens is 429 g/mol. The molecule has 1 aromatic heterocycles. The van der Waals surface area contributed by atoms with Crippen molar-refractivity contribution in [3.05, 3.63) is 77.2 Å². The molecule has 1 aliphatic rings. The first-order valence-corrected chi connectivity index (χ1v) is 10.9. The lowest BCUT2D eigenvalue weighted by Crippen LogP contribution is -2.54. The van der Waals surface area contributed by atoms with Gasteiger partial charge in [0.1, 0.15) is 11.6 Å². The van der Waals surface area contributed by atoms with Crippen molar-refractivity contribution in [1.29, 1.82) is 0 Å². The van der Waals surface area contributed by atoms with Gasteiger partial charge in [-0.05, 0) is 62.4 Å². The van der Waals surface area contributed by atoms with Crippen molar-refractivity contribution in [3.63, 3.8) is 0 Å². The maximum Gasteiger partial charge on any atom is 0.257 e. The van der Waals surface area contributed by atoms with Gasteiger partial charge in [0.05, 0.1) is 16.3 Å². The van der Waals surface area contributed by atoms with E-state index in [9.17, 15) is 9.18 Å². The van der Waals surface area contributed by atoms with Gasteiger partial charge in [-0.15, -0.1) is 0 Å². The molecule has 2 atom stereocenters. The minimum Gasteiger partial charge on any atom is -0.354 e. The molecule has 1 saturated heterocycles. The predicted molar refractivity (Wildman–Crippen MR) is 128 cm³/mol. The standard InChI is InChI=1S/C24H25ClFN5O/c1-15-13-31(14-16(2)28-15)23-9-6-17(12-27-23)24(32)30-20-7-8-21(25)22(11-20)29-19-5-3-4-18(26)10-19/h3-12,15-16,28-29H,13-14H2,1-2H3,(H,30,32)/t15-,16+. The number of hydrogen-bond donors (Lipinski definition) is 3. The Bertz CT molecular complexity index is 1100. The van der Waals surface area contributed by atoms with E-state index in [4.69, 9.17) is 11.6 Å². The van der Waals surface area contributed by atoms with Gasteiger partial charge in [0, 0.05) is 42.7 Å². The number of aromatic nitrogens is 1. The van der Waals surface area contributed by atoms with Gasteiger partial charge in [-0.25, -0.2) is 9.37 Å². The van der Waals surface area contributed by atoms with Crippen LogP contribution < -0.4 is 20.9 Å². The van der Waals surface area contributed by atoms with Crippen LogP contribution in [-0.2, 0) is 0 Å². The summed E-state index contributed by atoms with van der Waals surface area (Å²) in [6.07, 6.45) is 1.59. The van der Waals surface area contributed by atoms with E-state index in [-0.39, 0.29) is 11.7 Å². The lowest BCUT2D eigenvalue weighted by molar-refractivity contribution is 0.102. The Balaban J connectivity index is 1.44. The van der Waals surface area contributed by atoms with Crippen molar-refractivity contribution in [2.24, 2.45) is 0 Å². The van der Waals surface area contributed by atoms with Crippen molar-refractivity contribution in [1.82, 2.24) is 10.3 Å². The van der Waals surface area contributed by atoms with Crippen LogP contribution in [0.1, 0.15) is 24.2 Å². The second kappa shape index (κ2) is 9.54. The lowest BCUT2D eigenvalue weighted by atomic mass is 10.1. The summed E-state index contributed by atoms with van der Waals surface area (Å²) in [6, 6.07) is 15.6. The van der Waals surface area contributed by atoms with E-state index in [0.29, 0.717) is 39.7 Å². The van der Waals surface area contributed by atoms with E-state index < -0.39 is 0 Å². The summed E-state index contributed by atoms with van der Waals surface area (Å²) in [5.74, 6) is 0.233. The molecule has 0 unspecified atom stereocenters. The maximum atomic E-state index is 13.5. The van der Waals surface area contributed by atoms with E-state index >= 15 is 0 Å². The van der Waals surface area contributed by atoms with Crippen molar-refractivity contribution < 1.29 is 9.18 Å². The number of nitrogens with zero attached hydrogens (tertiary/aromatic N) is 2. The van der Waals surface area contributed by atoms with Crippen molar-refractivity contribution >= 4 is 40.4 Å². The van der Waals surface area contributed by atoms with Crippen LogP contribution in [0, 0.1) is 5.82 Å². The predicted octanol–water partition coefficient (Wildman–Crippen LogP) is 5.06. The SMILES string of the molecule is C[C@@H]1CN(c2ccc(C(=O)Nc3ccc(Cl)c(Nc4cccc(F)c4)c3)cn2)C[C@H](C)N1. The zero-order valence-electron chi connectivity index (χ0n) is 17.9. The second-order valence-corrected chi connectivity index (χ2v) is 8.47. The van der Waals surface area contributed by atoms with E-state index in [1.807, 2.05) is 6.07 Å². The first-order valence-electron chi connectivity index (χ1n) is 10.5. The molecule has 6 nitrogen and oxygen atoms in total. The van der Waals surface area contributed by atoms with Crippen molar-refractivity contribution in [3.8, 4) is 0 Å². The average molecular weight is 454 g/mol. The van der Waals surface area contributed by atoms with Gasteiger partial charge in [-0.2, -0.15) is 0 Å². The number of carbonyl (C=O) groups excluding carboxylic acids is 1. The fourth-order valence-corrected chi connectivity index (χ4v) is 4.01. The molecule has 0 saturated carbocycles. The molecule has 1 amide bonds. The minimum absolute atomic E-state index is 0.273. The fraction of sp³-hybridized carbons (Fsp3) is 0.250. The summed E-state index contributed by atoms with van der Waals surface area (Å²) < 4.78 is 13.5. The highest BCUT2D eigenvalue weighted by Crippen LogP contribution is 2.29. The summed E-state index contributed by atoms with van der Waals surface area (Å²) in [6.45, 7) is 6.03. The Labute approximate surface area is 191 Å². The largest absolute Gasteiger partial charge is 0.354 e. The van der Waals surface area contributed by atoms with Gasteiger partial charge in [0.2, 0.25) is 0 Å². The van der Waals surface area contributed by atoms with Gasteiger partial charge >= 0.3 is 0 Å². The molecule has 4 rings (SSSR count). The van der Waals surface area contributed by atoms with E-state index in [2.05, 4.69) is 39.7 Å². The molecule has 1 aliphatic heterocycles. The van der Waals surface area contributed by atoms with Crippen LogP contribution in [0.3, 0.4) is 0 Å². The first-order chi connectivity index (χ1) is 15.4. The molecule has 0 spiro atoms. The molecule has 8 heteroatoms. The zero-order chi connectivity index (χ0) is 22.7. The average Bonchev–Trinajstić information content (AvgIpc) is 2.75. The Kier molecular flexibility index (Phi) is 6.58. The first kappa shape index (κ1) is 22.0. The van der Waals surface area contributed by atoms with E-state index in [0.717, 1.165) is 18.9 Å². The number of rotatable bonds is 5. The number of pyridine rings is 1. The third kappa shape index (κ3) is 5.36. The monoisotopic (exact) mass is 453 g/mol. The number of hydrogen-bond acceptors (Lipinski definition) is 5. The Morgan fingerprint density at radius 2 is 1.88 bits per heavy atom. The van der Waals surface area contributed by atoms with Crippen LogP contribution >= 0.6 is 11.6 Å². The molecule has 2 aromatic carbocycles. The summed E-state index contributed by atoms with van der Waals surface area (Å²) >= 11 is 6.26. The van der Waals surface area contributed by atoms with E-state index in [1.54, 1.807) is 42.6 Å². The molecule has 0 aliphatic carbocycles. The highest BCUT2D eigenvalue weighted by molar-refractivity contribution is 6.33. The third-order valence-electron chi connectivity index (χ3n) is 5.22. The summed E-state index contributed by atoms with van der Waals surface area (Å²) in [5.41, 5.74) is 2.14. The van der Waals surface area contributed by atoms with Crippen LogP contribution in [0.4, 0.5) is 27.3 Å². The number of benzene rings is 2. The fourth-order valence-electron chi connectivity index (χ4n) is 3.85. The highest BCUT2D eigenvalue weighted by Gasteiger charge is 2.22. The minimum atomic E-state index is -0.351. The van der Waals surface area contributed by atoms with Crippen LogP contribution in [0.5, 0.6) is 0 Å². The summed E-state index contributed by atoms with van der Waals surface area (Å²) in [4.78, 5) is 19.4. The van der Waals surface area contributed by atoms with Crippen LogP contribution in [0.25, 0.3) is 0 Å². The van der Waals surface area contributed by atoms with Crippen LogP contribution in [0.15, 0.2) is 60.8 Å². The van der Waals surface area contributed by atoms with Crippen LogP contribution in [0.2, 0.25) is 5.02 Å². The van der Waals surface area contributed by atoms with Crippen molar-refractivity contribution in [2.45, 2.75) is 25.9 Å². The molecule has 0 bridgehead atoms. The molecular formula is C24H25ClFN5O. The van der Waals surface area contributed by atoms with Crippen molar-refractivity contribution in [2.75, 3.05) is 28.6 Å². The molecule has 166 valence electrons. The maximum absolute atomic E-state index is 13.5. The smallest absolute Gasteiger partial charge is 0.257 e. The molecule has 0 radical (unpaired) electrons. The van der Waals surface area contributed by atoms with Crippen LogP contribution in [-0.4, -0.2) is 36.1 Å². The molecule has 3 N–H and O–H groups in total. The topological polar surface area (TPSA) is 69.3 Å².